The number of hydrogen-bond donors (Lipinski definition) is 2. The van der Waals surface area contributed by atoms with E-state index in [2.05, 4.69) is 61.5 Å². The summed E-state index contributed by atoms with van der Waals surface area (Å²) in [6.45, 7) is 8.57. The van der Waals surface area contributed by atoms with Gasteiger partial charge in [-0.2, -0.15) is 20.0 Å². The maximum atomic E-state index is 9.74. The summed E-state index contributed by atoms with van der Waals surface area (Å²) in [6, 6.07) is 8.21. The van der Waals surface area contributed by atoms with Crippen molar-refractivity contribution in [2.45, 2.75) is 50.9 Å². The van der Waals surface area contributed by atoms with Gasteiger partial charge >= 0.3 is 0 Å². The topological polar surface area (TPSA) is 130 Å². The minimum atomic E-state index is -0.00183. The molecule has 3 fully saturated rings. The van der Waals surface area contributed by atoms with Crippen LogP contribution in [0.3, 0.4) is 0 Å². The Labute approximate surface area is 226 Å². The molecule has 0 spiro atoms. The Bertz CT molecular complexity index is 1450. The maximum absolute atomic E-state index is 9.74. The number of nitrogens with zero attached hydrogens (tertiary/aromatic N) is 8. The van der Waals surface area contributed by atoms with Gasteiger partial charge < -0.3 is 20.3 Å². The predicted octanol–water partition coefficient (Wildman–Crippen LogP) is 3.53. The summed E-state index contributed by atoms with van der Waals surface area (Å²) in [7, 11) is 0. The molecule has 4 heterocycles. The Balaban J connectivity index is 1.23. The molecule has 0 bridgehead atoms. The molecule has 3 aliphatic rings. The van der Waals surface area contributed by atoms with Crippen LogP contribution in [-0.4, -0.2) is 75.0 Å². The summed E-state index contributed by atoms with van der Waals surface area (Å²) >= 11 is 6.90. The quantitative estimate of drug-likeness (QED) is 0.466. The number of hydrogen-bond acceptors (Lipinski definition) is 10. The lowest BCUT2D eigenvalue weighted by Gasteiger charge is -2.46. The maximum Gasteiger partial charge on any atom is 0.247 e. The fourth-order valence-electron chi connectivity index (χ4n) is 5.19. The second-order valence-electron chi connectivity index (χ2n) is 10.8. The van der Waals surface area contributed by atoms with Crippen molar-refractivity contribution < 1.29 is 4.74 Å². The van der Waals surface area contributed by atoms with Crippen LogP contribution in [0.1, 0.15) is 44.4 Å². The van der Waals surface area contributed by atoms with E-state index in [0.29, 0.717) is 45.6 Å². The van der Waals surface area contributed by atoms with E-state index in [9.17, 15) is 10.5 Å². The van der Waals surface area contributed by atoms with E-state index in [4.69, 9.17) is 16.3 Å². The van der Waals surface area contributed by atoms with Gasteiger partial charge in [0, 0.05) is 45.2 Å². The highest BCUT2D eigenvalue weighted by molar-refractivity contribution is 6.36. The molecule has 6 rings (SSSR count). The van der Waals surface area contributed by atoms with Crippen molar-refractivity contribution in [2.24, 2.45) is 0 Å². The van der Waals surface area contributed by atoms with E-state index in [1.165, 1.54) is 10.7 Å². The third kappa shape index (κ3) is 4.93. The first-order valence-electron chi connectivity index (χ1n) is 12.9. The minimum Gasteiger partial charge on any atom is -0.371 e. The first kappa shape index (κ1) is 24.7. The number of rotatable bonds is 7. The third-order valence-electron chi connectivity index (χ3n) is 7.20. The van der Waals surface area contributed by atoms with Crippen LogP contribution < -0.4 is 15.5 Å². The van der Waals surface area contributed by atoms with Crippen LogP contribution in [0.5, 0.6) is 0 Å². The molecule has 1 aromatic carbocycles. The molecule has 3 aromatic rings. The fourth-order valence-corrected chi connectivity index (χ4v) is 5.47. The Hall–Kier alpha value is -3.64. The number of imidazole rings is 1. The van der Waals surface area contributed by atoms with E-state index in [0.717, 1.165) is 57.7 Å². The molecule has 2 aromatic heterocycles. The van der Waals surface area contributed by atoms with Gasteiger partial charge in [-0.05, 0) is 38.8 Å². The van der Waals surface area contributed by atoms with Crippen LogP contribution >= 0.6 is 11.6 Å². The second-order valence-corrected chi connectivity index (χ2v) is 11.2. The first-order chi connectivity index (χ1) is 18.3. The van der Waals surface area contributed by atoms with E-state index in [-0.39, 0.29) is 11.5 Å². The molecule has 2 aliphatic heterocycles. The predicted molar refractivity (Wildman–Crippen MR) is 144 cm³/mol. The number of aromatic nitrogens is 4. The van der Waals surface area contributed by atoms with Gasteiger partial charge in [0.05, 0.1) is 45.9 Å². The Morgan fingerprint density at radius 1 is 1.16 bits per heavy atom. The molecule has 38 heavy (non-hydrogen) atoms. The molecule has 12 heteroatoms. The van der Waals surface area contributed by atoms with Crippen molar-refractivity contribution in [1.29, 1.82) is 10.5 Å². The minimum absolute atomic E-state index is 0.00183. The zero-order chi connectivity index (χ0) is 26.4. The van der Waals surface area contributed by atoms with Crippen LogP contribution in [0.4, 0.5) is 23.1 Å². The van der Waals surface area contributed by atoms with Gasteiger partial charge in [0.15, 0.2) is 17.2 Å². The van der Waals surface area contributed by atoms with Crippen molar-refractivity contribution in [2.75, 3.05) is 48.3 Å². The standard InChI is InChI=1S/C26H29ClN10O/c1-26(2)11-19(38-26)15-35-5-7-36(8-6-35)21-10-16(12-28)9-20(22(21)27)32-25-33-23(31-17-3-4-17)24-30-14-18(13-29)37(24)34-25/h9-10,14,17,19H,3-8,11,15H2,1-2H3,(H2,31,32,33,34). The molecule has 1 aliphatic carbocycles. The van der Waals surface area contributed by atoms with Gasteiger partial charge in [-0.3, -0.25) is 4.90 Å². The van der Waals surface area contributed by atoms with Crippen molar-refractivity contribution in [3.8, 4) is 12.1 Å². The van der Waals surface area contributed by atoms with Crippen molar-refractivity contribution in [3.05, 3.63) is 34.6 Å². The zero-order valence-electron chi connectivity index (χ0n) is 21.4. The summed E-state index contributed by atoms with van der Waals surface area (Å²) in [4.78, 5) is 13.6. The Morgan fingerprint density at radius 2 is 1.92 bits per heavy atom. The van der Waals surface area contributed by atoms with Crippen molar-refractivity contribution in [3.63, 3.8) is 0 Å². The van der Waals surface area contributed by atoms with E-state index >= 15 is 0 Å². The summed E-state index contributed by atoms with van der Waals surface area (Å²) in [6.07, 6.45) is 4.97. The molecular weight excluding hydrogens is 504 g/mol. The molecule has 11 nitrogen and oxygen atoms in total. The molecule has 1 atom stereocenters. The lowest BCUT2D eigenvalue weighted by molar-refractivity contribution is -0.190. The molecule has 1 unspecified atom stereocenters. The molecular formula is C26H29ClN10O. The number of fused-ring (bicyclic) bond motifs is 1. The van der Waals surface area contributed by atoms with Crippen LogP contribution in [0.25, 0.3) is 5.65 Å². The van der Waals surface area contributed by atoms with Crippen LogP contribution in [0.2, 0.25) is 5.02 Å². The Morgan fingerprint density at radius 3 is 2.58 bits per heavy atom. The summed E-state index contributed by atoms with van der Waals surface area (Å²) in [5, 5.41) is 30.8. The normalized spacial score (nSPS) is 21.0. The highest BCUT2D eigenvalue weighted by atomic mass is 35.5. The molecule has 196 valence electrons. The van der Waals surface area contributed by atoms with Crippen LogP contribution in [0, 0.1) is 22.7 Å². The summed E-state index contributed by atoms with van der Waals surface area (Å²) in [5.74, 6) is 0.806. The second kappa shape index (κ2) is 9.59. The summed E-state index contributed by atoms with van der Waals surface area (Å²) < 4.78 is 7.44. The highest BCUT2D eigenvalue weighted by Gasteiger charge is 2.38. The SMILES string of the molecule is CC1(C)CC(CN2CCN(c3cc(C#N)cc(Nc4nc(NC5CC5)c5ncc(C#N)n5n4)c3Cl)CC2)O1. The van der Waals surface area contributed by atoms with Crippen LogP contribution in [-0.2, 0) is 4.74 Å². The van der Waals surface area contributed by atoms with Crippen molar-refractivity contribution in [1.82, 2.24) is 24.5 Å². The van der Waals surface area contributed by atoms with E-state index in [1.54, 1.807) is 6.07 Å². The number of piperazine rings is 1. The number of nitriles is 2. The number of halogens is 1. The lowest BCUT2D eigenvalue weighted by atomic mass is 9.93. The smallest absolute Gasteiger partial charge is 0.247 e. The molecule has 0 amide bonds. The number of benzene rings is 1. The van der Waals surface area contributed by atoms with Gasteiger partial charge in [0.1, 0.15) is 6.07 Å². The van der Waals surface area contributed by atoms with Gasteiger partial charge in [-0.1, -0.05) is 11.6 Å². The number of nitrogens with one attached hydrogen (secondary N) is 2. The molecule has 1 saturated carbocycles. The highest BCUT2D eigenvalue weighted by Crippen LogP contribution is 2.37. The molecule has 2 N–H and O–H groups in total. The van der Waals surface area contributed by atoms with E-state index < -0.39 is 0 Å². The molecule has 2 saturated heterocycles. The first-order valence-corrected chi connectivity index (χ1v) is 13.3. The van der Waals surface area contributed by atoms with Gasteiger partial charge in [0.25, 0.3) is 0 Å². The number of anilines is 4. The largest absolute Gasteiger partial charge is 0.371 e. The monoisotopic (exact) mass is 532 g/mol. The lowest BCUT2D eigenvalue weighted by Crippen LogP contribution is -2.54. The van der Waals surface area contributed by atoms with Crippen LogP contribution in [0.15, 0.2) is 18.3 Å². The van der Waals surface area contributed by atoms with Gasteiger partial charge in [0.2, 0.25) is 5.95 Å². The summed E-state index contributed by atoms with van der Waals surface area (Å²) in [5.41, 5.74) is 2.60. The molecule has 0 radical (unpaired) electrons. The van der Waals surface area contributed by atoms with Crippen molar-refractivity contribution >= 4 is 40.4 Å². The van der Waals surface area contributed by atoms with E-state index in [1.807, 2.05) is 6.07 Å². The average Bonchev–Trinajstić information content (AvgIpc) is 3.60. The Kier molecular flexibility index (Phi) is 6.23. The number of ether oxygens (including phenoxy) is 1. The third-order valence-corrected chi connectivity index (χ3v) is 7.60. The fraction of sp³-hybridized carbons (Fsp3) is 0.500. The van der Waals surface area contributed by atoms with Gasteiger partial charge in [-0.25, -0.2) is 4.98 Å². The van der Waals surface area contributed by atoms with Gasteiger partial charge in [-0.15, -0.1) is 5.10 Å². The average molecular weight is 533 g/mol. The zero-order valence-corrected chi connectivity index (χ0v) is 22.2.